The first-order valence-electron chi connectivity index (χ1n) is 5.35. The van der Waals surface area contributed by atoms with Gasteiger partial charge in [0.05, 0.1) is 5.75 Å². The van der Waals surface area contributed by atoms with Crippen molar-refractivity contribution in [1.82, 2.24) is 9.97 Å². The maximum absolute atomic E-state index is 11.6. The maximum atomic E-state index is 11.6. The Morgan fingerprint density at radius 3 is 2.67 bits per heavy atom. The van der Waals surface area contributed by atoms with Gasteiger partial charge in [0, 0.05) is 11.3 Å². The van der Waals surface area contributed by atoms with Crippen molar-refractivity contribution < 1.29 is 0 Å². The van der Waals surface area contributed by atoms with Crippen LogP contribution in [0.1, 0.15) is 37.4 Å². The van der Waals surface area contributed by atoms with Crippen molar-refractivity contribution >= 4 is 11.8 Å². The van der Waals surface area contributed by atoms with Crippen LogP contribution in [0.2, 0.25) is 0 Å². The van der Waals surface area contributed by atoms with E-state index in [4.69, 9.17) is 0 Å². The number of aromatic amines is 1. The average molecular weight is 226 g/mol. The van der Waals surface area contributed by atoms with Gasteiger partial charge in [0.15, 0.2) is 0 Å². The molecule has 1 N–H and O–H groups in total. The van der Waals surface area contributed by atoms with E-state index in [1.807, 2.05) is 13.8 Å². The topological polar surface area (TPSA) is 45.8 Å². The second-order valence-corrected chi connectivity index (χ2v) is 4.59. The molecule has 0 atom stereocenters. The Bertz CT molecular complexity index is 373. The predicted molar refractivity (Wildman–Crippen MR) is 65.4 cm³/mol. The molecule has 0 radical (unpaired) electrons. The van der Waals surface area contributed by atoms with Crippen LogP contribution < -0.4 is 5.56 Å². The van der Waals surface area contributed by atoms with Crippen LogP contribution in [0.4, 0.5) is 0 Å². The van der Waals surface area contributed by atoms with Crippen LogP contribution in [0.3, 0.4) is 0 Å². The number of aromatic nitrogens is 2. The van der Waals surface area contributed by atoms with Gasteiger partial charge in [-0.3, -0.25) is 4.79 Å². The van der Waals surface area contributed by atoms with E-state index in [0.29, 0.717) is 0 Å². The molecule has 84 valence electrons. The first kappa shape index (κ1) is 12.3. The molecule has 0 aliphatic carbocycles. The fourth-order valence-corrected chi connectivity index (χ4v) is 2.23. The second kappa shape index (κ2) is 5.95. The number of aryl methyl sites for hydroxylation is 1. The van der Waals surface area contributed by atoms with Gasteiger partial charge < -0.3 is 4.98 Å². The average Bonchev–Trinajstić information content (AvgIpc) is 2.18. The summed E-state index contributed by atoms with van der Waals surface area (Å²) in [5.74, 6) is 2.71. The second-order valence-electron chi connectivity index (χ2n) is 3.48. The third-order valence-corrected chi connectivity index (χ3v) is 3.39. The Labute approximate surface area is 94.7 Å². The largest absolute Gasteiger partial charge is 0.310 e. The van der Waals surface area contributed by atoms with Gasteiger partial charge in [-0.1, -0.05) is 13.8 Å². The highest BCUT2D eigenvalue weighted by molar-refractivity contribution is 7.98. The highest BCUT2D eigenvalue weighted by Crippen LogP contribution is 2.09. The van der Waals surface area contributed by atoms with Crippen molar-refractivity contribution in [1.29, 1.82) is 0 Å². The molecule has 1 aromatic heterocycles. The Balaban J connectivity index is 2.80. The normalized spacial score (nSPS) is 10.6. The zero-order valence-corrected chi connectivity index (χ0v) is 10.4. The molecule has 4 heteroatoms. The molecule has 15 heavy (non-hydrogen) atoms. The molecule has 0 saturated carbocycles. The SMILES string of the molecule is CCCSCc1nc(C)c(CC)c(=O)[nH]1. The van der Waals surface area contributed by atoms with Crippen LogP contribution in [0.25, 0.3) is 0 Å². The molecule has 0 unspecified atom stereocenters. The number of nitrogens with zero attached hydrogens (tertiary/aromatic N) is 1. The number of hydrogen-bond acceptors (Lipinski definition) is 3. The summed E-state index contributed by atoms with van der Waals surface area (Å²) in [4.78, 5) is 18.9. The zero-order chi connectivity index (χ0) is 11.3. The zero-order valence-electron chi connectivity index (χ0n) is 9.59. The van der Waals surface area contributed by atoms with Gasteiger partial charge in [-0.2, -0.15) is 11.8 Å². The summed E-state index contributed by atoms with van der Waals surface area (Å²) in [7, 11) is 0. The summed E-state index contributed by atoms with van der Waals surface area (Å²) in [6.45, 7) is 6.03. The molecule has 0 spiro atoms. The number of thioether (sulfide) groups is 1. The van der Waals surface area contributed by atoms with Crippen molar-refractivity contribution in [2.75, 3.05) is 5.75 Å². The van der Waals surface area contributed by atoms with E-state index in [0.717, 1.165) is 41.4 Å². The van der Waals surface area contributed by atoms with Crippen molar-refractivity contribution in [2.24, 2.45) is 0 Å². The first-order valence-corrected chi connectivity index (χ1v) is 6.50. The molecule has 0 saturated heterocycles. The third kappa shape index (κ3) is 3.38. The molecule has 0 fully saturated rings. The van der Waals surface area contributed by atoms with Crippen LogP contribution in [-0.2, 0) is 12.2 Å². The lowest BCUT2D eigenvalue weighted by Crippen LogP contribution is -2.18. The quantitative estimate of drug-likeness (QED) is 0.783. The molecule has 1 aromatic rings. The highest BCUT2D eigenvalue weighted by Gasteiger charge is 2.05. The molecule has 0 amide bonds. The molecule has 1 rings (SSSR count). The van der Waals surface area contributed by atoms with E-state index in [-0.39, 0.29) is 5.56 Å². The fraction of sp³-hybridized carbons (Fsp3) is 0.636. The van der Waals surface area contributed by atoms with E-state index < -0.39 is 0 Å². The summed E-state index contributed by atoms with van der Waals surface area (Å²) in [5.41, 5.74) is 1.70. The molecule has 0 aromatic carbocycles. The summed E-state index contributed by atoms with van der Waals surface area (Å²) in [6, 6.07) is 0. The molecular weight excluding hydrogens is 208 g/mol. The molecular formula is C11H18N2OS. The minimum absolute atomic E-state index is 0.0251. The number of rotatable bonds is 5. The first-order chi connectivity index (χ1) is 7.19. The summed E-state index contributed by atoms with van der Waals surface area (Å²) in [6.07, 6.45) is 1.90. The van der Waals surface area contributed by atoms with E-state index in [1.54, 1.807) is 11.8 Å². The summed E-state index contributed by atoms with van der Waals surface area (Å²) >= 11 is 1.80. The monoisotopic (exact) mass is 226 g/mol. The fourth-order valence-electron chi connectivity index (χ4n) is 1.47. The smallest absolute Gasteiger partial charge is 0.254 e. The Hall–Kier alpha value is -0.770. The Morgan fingerprint density at radius 2 is 2.13 bits per heavy atom. The van der Waals surface area contributed by atoms with Crippen molar-refractivity contribution in [3.63, 3.8) is 0 Å². The molecule has 1 heterocycles. The van der Waals surface area contributed by atoms with E-state index in [2.05, 4.69) is 16.9 Å². The lowest BCUT2D eigenvalue weighted by atomic mass is 10.2. The standard InChI is InChI=1S/C11H18N2OS/c1-4-6-15-7-10-12-8(3)9(5-2)11(14)13-10/h4-7H2,1-3H3,(H,12,13,14). The highest BCUT2D eigenvalue weighted by atomic mass is 32.2. The number of H-pyrrole nitrogens is 1. The minimum Gasteiger partial charge on any atom is -0.310 e. The van der Waals surface area contributed by atoms with Crippen molar-refractivity contribution in [2.45, 2.75) is 39.4 Å². The molecule has 0 aliphatic rings. The molecule has 3 nitrogen and oxygen atoms in total. The molecule has 0 bridgehead atoms. The van der Waals surface area contributed by atoms with E-state index >= 15 is 0 Å². The minimum atomic E-state index is 0.0251. The van der Waals surface area contributed by atoms with Crippen LogP contribution in [0.15, 0.2) is 4.79 Å². The van der Waals surface area contributed by atoms with Gasteiger partial charge in [0.2, 0.25) is 0 Å². The maximum Gasteiger partial charge on any atom is 0.254 e. The van der Waals surface area contributed by atoms with Crippen molar-refractivity contribution in [3.05, 3.63) is 27.4 Å². The summed E-state index contributed by atoms with van der Waals surface area (Å²) in [5, 5.41) is 0. The lowest BCUT2D eigenvalue weighted by molar-refractivity contribution is 0.907. The van der Waals surface area contributed by atoms with Crippen LogP contribution in [0.5, 0.6) is 0 Å². The third-order valence-electron chi connectivity index (χ3n) is 2.21. The Kier molecular flexibility index (Phi) is 4.88. The number of hydrogen-bond donors (Lipinski definition) is 1. The van der Waals surface area contributed by atoms with Crippen molar-refractivity contribution in [3.8, 4) is 0 Å². The number of nitrogens with one attached hydrogen (secondary N) is 1. The van der Waals surface area contributed by atoms with Crippen LogP contribution in [0, 0.1) is 6.92 Å². The van der Waals surface area contributed by atoms with Crippen LogP contribution >= 0.6 is 11.8 Å². The van der Waals surface area contributed by atoms with Gasteiger partial charge in [-0.25, -0.2) is 4.98 Å². The lowest BCUT2D eigenvalue weighted by Gasteiger charge is -2.04. The summed E-state index contributed by atoms with van der Waals surface area (Å²) < 4.78 is 0. The van der Waals surface area contributed by atoms with Gasteiger partial charge in [0.25, 0.3) is 5.56 Å². The molecule has 0 aliphatic heterocycles. The Morgan fingerprint density at radius 1 is 1.40 bits per heavy atom. The van der Waals surface area contributed by atoms with E-state index in [9.17, 15) is 4.79 Å². The van der Waals surface area contributed by atoms with Gasteiger partial charge in [-0.05, 0) is 25.5 Å². The van der Waals surface area contributed by atoms with Crippen LogP contribution in [-0.4, -0.2) is 15.7 Å². The van der Waals surface area contributed by atoms with E-state index in [1.165, 1.54) is 0 Å². The van der Waals surface area contributed by atoms with Gasteiger partial charge in [-0.15, -0.1) is 0 Å². The predicted octanol–water partition coefficient (Wildman–Crippen LogP) is 2.28. The van der Waals surface area contributed by atoms with Gasteiger partial charge >= 0.3 is 0 Å². The van der Waals surface area contributed by atoms with Gasteiger partial charge in [0.1, 0.15) is 5.82 Å².